The molecule has 0 amide bonds. The van der Waals surface area contributed by atoms with Crippen molar-refractivity contribution in [3.05, 3.63) is 70.9 Å². The van der Waals surface area contributed by atoms with Crippen LogP contribution in [0.25, 0.3) is 0 Å². The van der Waals surface area contributed by atoms with Crippen LogP contribution < -0.4 is 0 Å². The Balaban J connectivity index is 2.25. The number of aldehydes is 1. The predicted octanol–water partition coefficient (Wildman–Crippen LogP) is 2.66. The van der Waals surface area contributed by atoms with Crippen molar-refractivity contribution in [2.75, 3.05) is 0 Å². The second-order valence-corrected chi connectivity index (χ2v) is 3.85. The average Bonchev–Trinajstić information content (AvgIpc) is 2.30. The van der Waals surface area contributed by atoms with Gasteiger partial charge in [0.2, 0.25) is 0 Å². The maximum atomic E-state index is 10.9. The Kier molecular flexibility index (Phi) is 1.72. The molecule has 0 saturated carbocycles. The van der Waals surface area contributed by atoms with Crippen LogP contribution in [0.2, 0.25) is 0 Å². The van der Waals surface area contributed by atoms with Crippen LogP contribution >= 0.6 is 0 Å². The normalized spacial score (nSPS) is 26.0. The van der Waals surface area contributed by atoms with Crippen molar-refractivity contribution >= 4 is 6.29 Å². The molecule has 0 bridgehead atoms. The quantitative estimate of drug-likeness (QED) is 0.586. The Bertz CT molecular complexity index is 499. The van der Waals surface area contributed by atoms with Gasteiger partial charge in [-0.3, -0.25) is 4.79 Å². The molecule has 0 spiro atoms. The molecule has 1 heteroatoms. The molecule has 1 nitrogen and oxygen atoms in total. The van der Waals surface area contributed by atoms with Crippen molar-refractivity contribution in [1.29, 1.82) is 0 Å². The van der Waals surface area contributed by atoms with Crippen molar-refractivity contribution in [2.45, 2.75) is 0 Å². The van der Waals surface area contributed by atoms with E-state index < -0.39 is 0 Å². The second kappa shape index (κ2) is 3.06. The second-order valence-electron chi connectivity index (χ2n) is 3.85. The summed E-state index contributed by atoms with van der Waals surface area (Å²) in [6.07, 6.45) is 17.3. The molecule has 0 aromatic rings. The van der Waals surface area contributed by atoms with Crippen LogP contribution in [0.4, 0.5) is 0 Å². The first-order valence-electron chi connectivity index (χ1n) is 5.04. The molecule has 0 aliphatic heterocycles. The van der Waals surface area contributed by atoms with Crippen LogP contribution in [0.5, 0.6) is 0 Å². The zero-order chi connectivity index (χ0) is 10.3. The van der Waals surface area contributed by atoms with E-state index >= 15 is 0 Å². The Morgan fingerprint density at radius 2 is 1.67 bits per heavy atom. The lowest BCUT2D eigenvalue weighted by Crippen LogP contribution is -2.16. The summed E-state index contributed by atoms with van der Waals surface area (Å²) in [6.45, 7) is 0. The third kappa shape index (κ3) is 1.13. The molecule has 3 aliphatic carbocycles. The lowest BCUT2D eigenvalue weighted by molar-refractivity contribution is -0.104. The van der Waals surface area contributed by atoms with E-state index in [4.69, 9.17) is 0 Å². The minimum absolute atomic E-state index is 0.283. The summed E-state index contributed by atoms with van der Waals surface area (Å²) in [6, 6.07) is 0. The van der Waals surface area contributed by atoms with Gasteiger partial charge in [0.15, 0.2) is 0 Å². The van der Waals surface area contributed by atoms with E-state index in [0.29, 0.717) is 0 Å². The van der Waals surface area contributed by atoms with Crippen LogP contribution in [0.15, 0.2) is 70.9 Å². The molecule has 3 rings (SSSR count). The smallest absolute Gasteiger partial charge is 0.150 e. The number of hydrogen-bond donors (Lipinski definition) is 0. The number of rotatable bonds is 1. The van der Waals surface area contributed by atoms with Crippen molar-refractivity contribution < 1.29 is 4.79 Å². The first-order chi connectivity index (χ1) is 7.40. The van der Waals surface area contributed by atoms with Gasteiger partial charge in [-0.15, -0.1) is 0 Å². The van der Waals surface area contributed by atoms with Gasteiger partial charge in [0.05, 0.1) is 0 Å². The highest BCUT2D eigenvalue weighted by molar-refractivity contribution is 5.83. The molecule has 1 atom stereocenters. The minimum Gasteiger partial charge on any atom is -0.298 e. The largest absolute Gasteiger partial charge is 0.298 e. The summed E-state index contributed by atoms with van der Waals surface area (Å²) in [4.78, 5) is 10.9. The van der Waals surface area contributed by atoms with Gasteiger partial charge < -0.3 is 0 Å². The minimum atomic E-state index is 0.283. The maximum Gasteiger partial charge on any atom is 0.150 e. The van der Waals surface area contributed by atoms with Crippen LogP contribution in [-0.2, 0) is 4.79 Å². The van der Waals surface area contributed by atoms with E-state index in [9.17, 15) is 4.79 Å². The van der Waals surface area contributed by atoms with Gasteiger partial charge >= 0.3 is 0 Å². The summed E-state index contributed by atoms with van der Waals surface area (Å²) in [5.74, 6) is 0.283. The van der Waals surface area contributed by atoms with Gasteiger partial charge in [-0.1, -0.05) is 48.6 Å². The highest BCUT2D eigenvalue weighted by Crippen LogP contribution is 2.40. The summed E-state index contributed by atoms with van der Waals surface area (Å²) in [7, 11) is 0. The molecule has 1 unspecified atom stereocenters. The fraction of sp³-hybridized carbons (Fsp3) is 0.0714. The third-order valence-electron chi connectivity index (χ3n) is 3.04. The summed E-state index contributed by atoms with van der Waals surface area (Å²) < 4.78 is 0. The van der Waals surface area contributed by atoms with E-state index in [1.807, 2.05) is 24.3 Å². The van der Waals surface area contributed by atoms with Crippen LogP contribution in [-0.4, -0.2) is 6.29 Å². The topological polar surface area (TPSA) is 17.1 Å². The highest BCUT2D eigenvalue weighted by atomic mass is 16.1. The SMILES string of the molecule is O=CC1=C2C=CC=C3C=CC=C(C=C1)C32. The number of allylic oxidation sites excluding steroid dienone is 12. The molecule has 72 valence electrons. The maximum absolute atomic E-state index is 10.9. The summed E-state index contributed by atoms with van der Waals surface area (Å²) in [5, 5.41) is 0. The van der Waals surface area contributed by atoms with Gasteiger partial charge in [-0.05, 0) is 16.7 Å². The van der Waals surface area contributed by atoms with E-state index in [-0.39, 0.29) is 5.92 Å². The van der Waals surface area contributed by atoms with E-state index in [1.54, 1.807) is 0 Å². The molecular formula is C14H10O. The van der Waals surface area contributed by atoms with Gasteiger partial charge in [0.1, 0.15) is 6.29 Å². The molecule has 15 heavy (non-hydrogen) atoms. The molecule has 0 N–H and O–H groups in total. The van der Waals surface area contributed by atoms with Gasteiger partial charge in [0.25, 0.3) is 0 Å². The zero-order valence-electron chi connectivity index (χ0n) is 8.18. The Labute approximate surface area is 88.5 Å². The molecule has 0 aromatic heterocycles. The fourth-order valence-electron chi connectivity index (χ4n) is 2.33. The standard InChI is InChI=1S/C14H10O/c15-9-12-8-7-11-4-1-3-10-5-2-6-13(12)14(10)11/h1-9,14H. The first kappa shape index (κ1) is 8.42. The Hall–Kier alpha value is -1.89. The number of hydrogen-bond acceptors (Lipinski definition) is 1. The summed E-state index contributed by atoms with van der Waals surface area (Å²) >= 11 is 0. The van der Waals surface area contributed by atoms with Crippen LogP contribution in [0, 0.1) is 5.92 Å². The van der Waals surface area contributed by atoms with Crippen molar-refractivity contribution in [3.8, 4) is 0 Å². The Morgan fingerprint density at radius 3 is 2.47 bits per heavy atom. The Morgan fingerprint density at radius 1 is 0.933 bits per heavy atom. The average molecular weight is 194 g/mol. The first-order valence-corrected chi connectivity index (χ1v) is 5.04. The van der Waals surface area contributed by atoms with Gasteiger partial charge in [-0.2, -0.15) is 0 Å². The number of carbonyl (C=O) groups excluding carboxylic acids is 1. The molecule has 0 aromatic carbocycles. The number of carbonyl (C=O) groups is 1. The molecule has 0 fully saturated rings. The lowest BCUT2D eigenvalue weighted by atomic mass is 9.74. The monoisotopic (exact) mass is 194 g/mol. The van der Waals surface area contributed by atoms with Gasteiger partial charge in [-0.25, -0.2) is 0 Å². The molecule has 0 radical (unpaired) electrons. The van der Waals surface area contributed by atoms with Crippen molar-refractivity contribution in [3.63, 3.8) is 0 Å². The third-order valence-corrected chi connectivity index (χ3v) is 3.04. The fourth-order valence-corrected chi connectivity index (χ4v) is 2.33. The van der Waals surface area contributed by atoms with E-state index in [0.717, 1.165) is 17.4 Å². The van der Waals surface area contributed by atoms with E-state index in [2.05, 4.69) is 24.3 Å². The van der Waals surface area contributed by atoms with Gasteiger partial charge in [0, 0.05) is 11.5 Å². The van der Waals surface area contributed by atoms with Crippen LogP contribution in [0.3, 0.4) is 0 Å². The zero-order valence-corrected chi connectivity index (χ0v) is 8.18. The van der Waals surface area contributed by atoms with Crippen LogP contribution in [0.1, 0.15) is 0 Å². The molecule has 0 saturated heterocycles. The highest BCUT2D eigenvalue weighted by Gasteiger charge is 2.27. The summed E-state index contributed by atoms with van der Waals surface area (Å²) in [5.41, 5.74) is 4.47. The van der Waals surface area contributed by atoms with Crippen molar-refractivity contribution in [2.24, 2.45) is 5.92 Å². The van der Waals surface area contributed by atoms with Crippen molar-refractivity contribution in [1.82, 2.24) is 0 Å². The molecule has 0 heterocycles. The van der Waals surface area contributed by atoms with E-state index in [1.165, 1.54) is 11.1 Å². The molecular weight excluding hydrogens is 184 g/mol. The lowest BCUT2D eigenvalue weighted by Gasteiger charge is -2.29. The molecule has 3 aliphatic rings. The predicted molar refractivity (Wildman–Crippen MR) is 60.2 cm³/mol.